The number of imide groups is 1. The van der Waals surface area contributed by atoms with Crippen molar-refractivity contribution >= 4 is 44.8 Å². The molecule has 2 aromatic carbocycles. The third kappa shape index (κ3) is 3.28. The van der Waals surface area contributed by atoms with Gasteiger partial charge in [-0.25, -0.2) is 4.90 Å². The van der Waals surface area contributed by atoms with Crippen LogP contribution in [0.2, 0.25) is 0 Å². The largest absolute Gasteiger partial charge is 0.378 e. The zero-order valence-electron chi connectivity index (χ0n) is 13.5. The second-order valence-corrected chi connectivity index (χ2v) is 6.81. The first-order valence-corrected chi connectivity index (χ1v) is 8.41. The Bertz CT molecular complexity index is 774. The molecule has 0 saturated carbocycles. The molecule has 5 nitrogen and oxygen atoms in total. The van der Waals surface area contributed by atoms with Crippen LogP contribution in [0.3, 0.4) is 0 Å². The van der Waals surface area contributed by atoms with Gasteiger partial charge in [0.25, 0.3) is 5.91 Å². The fourth-order valence-corrected chi connectivity index (χ4v) is 3.08. The van der Waals surface area contributed by atoms with E-state index in [1.54, 1.807) is 18.2 Å². The van der Waals surface area contributed by atoms with Crippen molar-refractivity contribution in [1.82, 2.24) is 0 Å². The molecule has 0 aliphatic carbocycles. The molecular formula is C18H18BrN3O2. The minimum Gasteiger partial charge on any atom is -0.378 e. The van der Waals surface area contributed by atoms with E-state index in [0.29, 0.717) is 5.69 Å². The Morgan fingerprint density at radius 1 is 1.12 bits per heavy atom. The zero-order valence-corrected chi connectivity index (χ0v) is 15.1. The molecule has 1 fully saturated rings. The number of nitrogens with one attached hydrogen (secondary N) is 1. The summed E-state index contributed by atoms with van der Waals surface area (Å²) in [5, 5.41) is 3.16. The molecule has 6 heteroatoms. The molecule has 0 unspecified atom stereocenters. The van der Waals surface area contributed by atoms with Gasteiger partial charge in [-0.05, 0) is 42.5 Å². The molecule has 1 aliphatic heterocycles. The number of anilines is 3. The van der Waals surface area contributed by atoms with Crippen molar-refractivity contribution in [3.05, 3.63) is 53.0 Å². The zero-order chi connectivity index (χ0) is 17.3. The highest BCUT2D eigenvalue weighted by atomic mass is 79.9. The minimum atomic E-state index is -0.540. The maximum absolute atomic E-state index is 12.6. The van der Waals surface area contributed by atoms with Crippen LogP contribution >= 0.6 is 15.9 Å². The molecule has 3 rings (SSSR count). The third-order valence-electron chi connectivity index (χ3n) is 3.94. The molecule has 1 saturated heterocycles. The van der Waals surface area contributed by atoms with E-state index in [4.69, 9.17) is 0 Å². The van der Waals surface area contributed by atoms with Gasteiger partial charge in [-0.3, -0.25) is 9.59 Å². The van der Waals surface area contributed by atoms with Gasteiger partial charge in [0.15, 0.2) is 0 Å². The van der Waals surface area contributed by atoms with Crippen LogP contribution in [0, 0.1) is 0 Å². The summed E-state index contributed by atoms with van der Waals surface area (Å²) in [6.45, 7) is 0. The predicted molar refractivity (Wildman–Crippen MR) is 99.4 cm³/mol. The Kier molecular flexibility index (Phi) is 4.57. The molecule has 2 aromatic rings. The van der Waals surface area contributed by atoms with Gasteiger partial charge in [-0.1, -0.05) is 22.0 Å². The average molecular weight is 388 g/mol. The summed E-state index contributed by atoms with van der Waals surface area (Å²) in [5.41, 5.74) is 2.49. The number of halogens is 1. The topological polar surface area (TPSA) is 52.7 Å². The molecule has 0 radical (unpaired) electrons. The van der Waals surface area contributed by atoms with Crippen molar-refractivity contribution in [3.8, 4) is 0 Å². The summed E-state index contributed by atoms with van der Waals surface area (Å²) >= 11 is 3.37. The maximum atomic E-state index is 12.6. The molecule has 0 spiro atoms. The van der Waals surface area contributed by atoms with E-state index in [2.05, 4.69) is 21.2 Å². The number of hydrogen-bond donors (Lipinski definition) is 1. The SMILES string of the molecule is CN(C)c1ccc(N[C@@H]2CC(=O)N(c3cccc(Br)c3)C2=O)cc1. The summed E-state index contributed by atoms with van der Waals surface area (Å²) in [7, 11) is 3.94. The maximum Gasteiger partial charge on any atom is 0.256 e. The van der Waals surface area contributed by atoms with Crippen molar-refractivity contribution in [3.63, 3.8) is 0 Å². The molecule has 2 amide bonds. The monoisotopic (exact) mass is 387 g/mol. The summed E-state index contributed by atoms with van der Waals surface area (Å²) < 4.78 is 0.830. The van der Waals surface area contributed by atoms with E-state index in [-0.39, 0.29) is 18.2 Å². The Morgan fingerprint density at radius 3 is 2.46 bits per heavy atom. The van der Waals surface area contributed by atoms with Gasteiger partial charge in [0.05, 0.1) is 12.1 Å². The van der Waals surface area contributed by atoms with Crippen LogP contribution in [-0.2, 0) is 9.59 Å². The lowest BCUT2D eigenvalue weighted by Crippen LogP contribution is -2.34. The van der Waals surface area contributed by atoms with Crippen molar-refractivity contribution in [2.24, 2.45) is 0 Å². The van der Waals surface area contributed by atoms with Crippen LogP contribution in [0.15, 0.2) is 53.0 Å². The van der Waals surface area contributed by atoms with E-state index < -0.39 is 6.04 Å². The fraction of sp³-hybridized carbons (Fsp3) is 0.222. The number of hydrogen-bond acceptors (Lipinski definition) is 4. The van der Waals surface area contributed by atoms with Crippen molar-refractivity contribution in [2.45, 2.75) is 12.5 Å². The standard InChI is InChI=1S/C18H18BrN3O2/c1-21(2)14-8-6-13(7-9-14)20-16-11-17(23)22(18(16)24)15-5-3-4-12(19)10-15/h3-10,16,20H,11H2,1-2H3/t16-/m1/s1. The lowest BCUT2D eigenvalue weighted by molar-refractivity contribution is -0.121. The molecular weight excluding hydrogens is 370 g/mol. The quantitative estimate of drug-likeness (QED) is 0.818. The van der Waals surface area contributed by atoms with Gasteiger partial charge >= 0.3 is 0 Å². The van der Waals surface area contributed by atoms with Crippen molar-refractivity contribution < 1.29 is 9.59 Å². The number of nitrogens with zero attached hydrogens (tertiary/aromatic N) is 2. The van der Waals surface area contributed by atoms with Gasteiger partial charge in [-0.15, -0.1) is 0 Å². The Balaban J connectivity index is 1.76. The van der Waals surface area contributed by atoms with Gasteiger partial charge in [0.2, 0.25) is 5.91 Å². The molecule has 1 N–H and O–H groups in total. The van der Waals surface area contributed by atoms with Gasteiger partial charge in [-0.2, -0.15) is 0 Å². The summed E-state index contributed by atoms with van der Waals surface area (Å²) in [6, 6.07) is 14.4. The number of amides is 2. The van der Waals surface area contributed by atoms with Crippen LogP contribution in [0.25, 0.3) is 0 Å². The molecule has 1 aliphatic rings. The molecule has 124 valence electrons. The Labute approximate surface area is 149 Å². The molecule has 24 heavy (non-hydrogen) atoms. The minimum absolute atomic E-state index is 0.154. The third-order valence-corrected chi connectivity index (χ3v) is 4.43. The Morgan fingerprint density at radius 2 is 1.83 bits per heavy atom. The van der Waals surface area contributed by atoms with Gasteiger partial charge in [0, 0.05) is 29.9 Å². The van der Waals surface area contributed by atoms with Crippen molar-refractivity contribution in [2.75, 3.05) is 29.2 Å². The summed E-state index contributed by atoms with van der Waals surface area (Å²) in [4.78, 5) is 28.2. The number of benzene rings is 2. The predicted octanol–water partition coefficient (Wildman–Crippen LogP) is 3.26. The van der Waals surface area contributed by atoms with Gasteiger partial charge < -0.3 is 10.2 Å². The van der Waals surface area contributed by atoms with E-state index in [9.17, 15) is 9.59 Å². The van der Waals surface area contributed by atoms with E-state index in [1.165, 1.54) is 4.90 Å². The molecule has 1 atom stereocenters. The summed E-state index contributed by atoms with van der Waals surface area (Å²) in [5.74, 6) is -0.421. The highest BCUT2D eigenvalue weighted by molar-refractivity contribution is 9.10. The molecule has 1 heterocycles. The lowest BCUT2D eigenvalue weighted by atomic mass is 10.2. The number of carbonyl (C=O) groups is 2. The first kappa shape index (κ1) is 16.5. The number of carbonyl (C=O) groups excluding carboxylic acids is 2. The molecule has 0 aromatic heterocycles. The van der Waals surface area contributed by atoms with Crippen LogP contribution in [-0.4, -0.2) is 32.0 Å². The smallest absolute Gasteiger partial charge is 0.256 e. The second kappa shape index (κ2) is 6.65. The average Bonchev–Trinajstić information content (AvgIpc) is 2.82. The second-order valence-electron chi connectivity index (χ2n) is 5.89. The molecule has 0 bridgehead atoms. The fourth-order valence-electron chi connectivity index (χ4n) is 2.69. The van der Waals surface area contributed by atoms with Crippen LogP contribution in [0.1, 0.15) is 6.42 Å². The van der Waals surface area contributed by atoms with Crippen LogP contribution < -0.4 is 15.1 Å². The number of rotatable bonds is 4. The Hall–Kier alpha value is -2.34. The van der Waals surface area contributed by atoms with E-state index >= 15 is 0 Å². The first-order valence-electron chi connectivity index (χ1n) is 7.62. The van der Waals surface area contributed by atoms with Crippen LogP contribution in [0.5, 0.6) is 0 Å². The lowest BCUT2D eigenvalue weighted by Gasteiger charge is -2.17. The highest BCUT2D eigenvalue weighted by Gasteiger charge is 2.39. The van der Waals surface area contributed by atoms with Crippen molar-refractivity contribution in [1.29, 1.82) is 0 Å². The van der Waals surface area contributed by atoms with E-state index in [1.807, 2.05) is 49.3 Å². The normalized spacial score (nSPS) is 17.3. The summed E-state index contributed by atoms with van der Waals surface area (Å²) in [6.07, 6.45) is 0.154. The first-order chi connectivity index (χ1) is 11.5. The van der Waals surface area contributed by atoms with Gasteiger partial charge in [0.1, 0.15) is 6.04 Å². The highest BCUT2D eigenvalue weighted by Crippen LogP contribution is 2.27. The van der Waals surface area contributed by atoms with E-state index in [0.717, 1.165) is 15.8 Å². The van der Waals surface area contributed by atoms with Crippen LogP contribution in [0.4, 0.5) is 17.1 Å².